The molecule has 2 nitrogen and oxygen atoms in total. The van der Waals surface area contributed by atoms with Crippen molar-refractivity contribution < 1.29 is 9.84 Å². The zero-order valence-electron chi connectivity index (χ0n) is 10.3. The quantitative estimate of drug-likeness (QED) is 0.830. The van der Waals surface area contributed by atoms with Gasteiger partial charge in [-0.15, -0.1) is 0 Å². The minimum absolute atomic E-state index is 0.160. The molecule has 0 unspecified atom stereocenters. The van der Waals surface area contributed by atoms with Crippen molar-refractivity contribution in [3.05, 3.63) is 28.8 Å². The van der Waals surface area contributed by atoms with Gasteiger partial charge in [0.15, 0.2) is 0 Å². The van der Waals surface area contributed by atoms with Crippen LogP contribution in [0.25, 0.3) is 0 Å². The van der Waals surface area contributed by atoms with Gasteiger partial charge in [-0.2, -0.15) is 0 Å². The van der Waals surface area contributed by atoms with Gasteiger partial charge in [0.05, 0.1) is 13.2 Å². The lowest BCUT2D eigenvalue weighted by Crippen LogP contribution is -2.11. The highest BCUT2D eigenvalue weighted by Crippen LogP contribution is 2.37. The fraction of sp³-hybridized carbons (Fsp3) is 0.571. The molecule has 0 spiro atoms. The SMILES string of the molecule is COc1c(C)cc([C@H]2CCC[C@@H]2O)cc1C. The Labute approximate surface area is 97.3 Å². The van der Waals surface area contributed by atoms with Crippen molar-refractivity contribution in [1.29, 1.82) is 0 Å². The van der Waals surface area contributed by atoms with E-state index < -0.39 is 0 Å². The third kappa shape index (κ3) is 1.94. The van der Waals surface area contributed by atoms with Crippen molar-refractivity contribution in [3.8, 4) is 5.75 Å². The van der Waals surface area contributed by atoms with E-state index in [0.717, 1.165) is 36.1 Å². The molecule has 0 aromatic heterocycles. The van der Waals surface area contributed by atoms with E-state index in [1.807, 2.05) is 0 Å². The number of rotatable bonds is 2. The second-order valence-electron chi connectivity index (χ2n) is 4.79. The van der Waals surface area contributed by atoms with Crippen molar-refractivity contribution in [2.75, 3.05) is 7.11 Å². The number of ether oxygens (including phenoxy) is 1. The van der Waals surface area contributed by atoms with Crippen LogP contribution < -0.4 is 4.74 Å². The van der Waals surface area contributed by atoms with E-state index in [-0.39, 0.29) is 6.10 Å². The highest BCUT2D eigenvalue weighted by atomic mass is 16.5. The maximum absolute atomic E-state index is 9.92. The maximum Gasteiger partial charge on any atom is 0.124 e. The molecule has 2 atom stereocenters. The smallest absolute Gasteiger partial charge is 0.124 e. The number of aliphatic hydroxyl groups is 1. The van der Waals surface area contributed by atoms with Gasteiger partial charge in [-0.3, -0.25) is 0 Å². The lowest BCUT2D eigenvalue weighted by Gasteiger charge is -2.18. The molecule has 2 heteroatoms. The van der Waals surface area contributed by atoms with Crippen LogP contribution in [0.1, 0.15) is 41.9 Å². The average molecular weight is 220 g/mol. The average Bonchev–Trinajstić information content (AvgIpc) is 2.64. The normalized spacial score (nSPS) is 24.8. The second-order valence-corrected chi connectivity index (χ2v) is 4.79. The summed E-state index contributed by atoms with van der Waals surface area (Å²) in [6.45, 7) is 4.13. The molecule has 0 saturated heterocycles. The Hall–Kier alpha value is -1.02. The van der Waals surface area contributed by atoms with E-state index in [0.29, 0.717) is 5.92 Å². The fourth-order valence-electron chi connectivity index (χ4n) is 2.85. The lowest BCUT2D eigenvalue weighted by molar-refractivity contribution is 0.164. The van der Waals surface area contributed by atoms with Crippen LogP contribution in [0.15, 0.2) is 12.1 Å². The first kappa shape index (κ1) is 11.5. The van der Waals surface area contributed by atoms with Crippen LogP contribution in [0, 0.1) is 13.8 Å². The summed E-state index contributed by atoms with van der Waals surface area (Å²) < 4.78 is 5.36. The summed E-state index contributed by atoms with van der Waals surface area (Å²) in [5.74, 6) is 1.29. The number of methoxy groups -OCH3 is 1. The Morgan fingerprint density at radius 3 is 2.25 bits per heavy atom. The fourth-order valence-corrected chi connectivity index (χ4v) is 2.85. The Morgan fingerprint density at radius 2 is 1.81 bits per heavy atom. The molecule has 1 fully saturated rings. The van der Waals surface area contributed by atoms with Gasteiger partial charge in [0.2, 0.25) is 0 Å². The molecule has 0 radical (unpaired) electrons. The Kier molecular flexibility index (Phi) is 3.20. The predicted octanol–water partition coefficient (Wildman–Crippen LogP) is 2.94. The molecule has 1 aliphatic rings. The van der Waals surface area contributed by atoms with Gasteiger partial charge in [0.1, 0.15) is 5.75 Å². The summed E-state index contributed by atoms with van der Waals surface area (Å²) in [5.41, 5.74) is 3.59. The third-order valence-electron chi connectivity index (χ3n) is 3.59. The van der Waals surface area contributed by atoms with Crippen LogP contribution >= 0.6 is 0 Å². The van der Waals surface area contributed by atoms with Crippen LogP contribution in [0.3, 0.4) is 0 Å². The zero-order valence-corrected chi connectivity index (χ0v) is 10.3. The van der Waals surface area contributed by atoms with Crippen LogP contribution in [0.4, 0.5) is 0 Å². The van der Waals surface area contributed by atoms with Gasteiger partial charge in [0, 0.05) is 5.92 Å². The van der Waals surface area contributed by atoms with E-state index in [4.69, 9.17) is 4.74 Å². The summed E-state index contributed by atoms with van der Waals surface area (Å²) in [5, 5.41) is 9.92. The van der Waals surface area contributed by atoms with E-state index in [2.05, 4.69) is 26.0 Å². The number of aliphatic hydroxyl groups excluding tert-OH is 1. The van der Waals surface area contributed by atoms with Gasteiger partial charge >= 0.3 is 0 Å². The molecule has 0 bridgehead atoms. The van der Waals surface area contributed by atoms with Gasteiger partial charge < -0.3 is 9.84 Å². The molecule has 88 valence electrons. The molecule has 1 N–H and O–H groups in total. The van der Waals surface area contributed by atoms with Crippen molar-refractivity contribution in [2.45, 2.75) is 45.1 Å². The first-order chi connectivity index (χ1) is 7.63. The summed E-state index contributed by atoms with van der Waals surface area (Å²) in [4.78, 5) is 0. The van der Waals surface area contributed by atoms with Crippen molar-refractivity contribution >= 4 is 0 Å². The largest absolute Gasteiger partial charge is 0.496 e. The molecule has 0 aliphatic heterocycles. The third-order valence-corrected chi connectivity index (χ3v) is 3.59. The number of aryl methyl sites for hydroxylation is 2. The summed E-state index contributed by atoms with van der Waals surface area (Å²) >= 11 is 0. The van der Waals surface area contributed by atoms with Crippen molar-refractivity contribution in [2.24, 2.45) is 0 Å². The molecule has 0 heterocycles. The molecule has 1 aromatic carbocycles. The van der Waals surface area contributed by atoms with E-state index in [1.165, 1.54) is 5.56 Å². The Balaban J connectivity index is 2.36. The summed E-state index contributed by atoms with van der Waals surface area (Å²) in [7, 11) is 1.71. The van der Waals surface area contributed by atoms with Crippen LogP contribution in [0.5, 0.6) is 5.75 Å². The topological polar surface area (TPSA) is 29.5 Å². The van der Waals surface area contributed by atoms with Gasteiger partial charge in [0.25, 0.3) is 0 Å². The monoisotopic (exact) mass is 220 g/mol. The standard InChI is InChI=1S/C14H20O2/c1-9-7-11(8-10(2)14(9)16-3)12-5-4-6-13(12)15/h7-8,12-13,15H,4-6H2,1-3H3/t12-,13+/m1/s1. The number of hydrogen-bond donors (Lipinski definition) is 1. The van der Waals surface area contributed by atoms with Gasteiger partial charge in [-0.1, -0.05) is 18.6 Å². The predicted molar refractivity (Wildman–Crippen MR) is 65.1 cm³/mol. The molecule has 16 heavy (non-hydrogen) atoms. The van der Waals surface area contributed by atoms with Crippen molar-refractivity contribution in [1.82, 2.24) is 0 Å². The maximum atomic E-state index is 9.92. The van der Waals surface area contributed by atoms with Gasteiger partial charge in [-0.25, -0.2) is 0 Å². The molecular weight excluding hydrogens is 200 g/mol. The van der Waals surface area contributed by atoms with Gasteiger partial charge in [-0.05, 0) is 43.4 Å². The summed E-state index contributed by atoms with van der Waals surface area (Å²) in [6, 6.07) is 4.32. The second kappa shape index (κ2) is 4.46. The first-order valence-corrected chi connectivity index (χ1v) is 5.96. The molecule has 1 aromatic rings. The van der Waals surface area contributed by atoms with E-state index in [1.54, 1.807) is 7.11 Å². The molecule has 0 amide bonds. The number of hydrogen-bond acceptors (Lipinski definition) is 2. The van der Waals surface area contributed by atoms with Crippen LogP contribution in [-0.4, -0.2) is 18.3 Å². The van der Waals surface area contributed by atoms with Crippen LogP contribution in [-0.2, 0) is 0 Å². The molecule has 2 rings (SSSR count). The first-order valence-electron chi connectivity index (χ1n) is 5.96. The van der Waals surface area contributed by atoms with Crippen molar-refractivity contribution in [3.63, 3.8) is 0 Å². The Morgan fingerprint density at radius 1 is 1.19 bits per heavy atom. The summed E-state index contributed by atoms with van der Waals surface area (Å²) in [6.07, 6.45) is 3.02. The van der Waals surface area contributed by atoms with E-state index >= 15 is 0 Å². The molecule has 1 aliphatic carbocycles. The lowest BCUT2D eigenvalue weighted by atomic mass is 9.92. The molecule has 1 saturated carbocycles. The minimum atomic E-state index is -0.160. The Bertz CT molecular complexity index is 361. The van der Waals surface area contributed by atoms with E-state index in [9.17, 15) is 5.11 Å². The highest BCUT2D eigenvalue weighted by Gasteiger charge is 2.27. The minimum Gasteiger partial charge on any atom is -0.496 e. The van der Waals surface area contributed by atoms with Crippen LogP contribution in [0.2, 0.25) is 0 Å². The highest BCUT2D eigenvalue weighted by molar-refractivity contribution is 5.44. The molecular formula is C14H20O2. The zero-order chi connectivity index (χ0) is 11.7. The number of benzene rings is 1.